The SMILES string of the molecule is CCCCN(C(=O)c1cccc(F)c1)c1ccccc1. The fourth-order valence-corrected chi connectivity index (χ4v) is 2.05. The molecule has 2 nitrogen and oxygen atoms in total. The Bertz CT molecular complexity index is 568. The summed E-state index contributed by atoms with van der Waals surface area (Å²) in [5.74, 6) is -0.552. The van der Waals surface area contributed by atoms with Gasteiger partial charge in [-0.2, -0.15) is 0 Å². The zero-order valence-electron chi connectivity index (χ0n) is 11.6. The van der Waals surface area contributed by atoms with Crippen molar-refractivity contribution in [2.45, 2.75) is 19.8 Å². The van der Waals surface area contributed by atoms with Crippen LogP contribution < -0.4 is 4.90 Å². The maximum atomic E-state index is 13.3. The van der Waals surface area contributed by atoms with Crippen LogP contribution >= 0.6 is 0 Å². The quantitative estimate of drug-likeness (QED) is 0.795. The molecule has 0 aliphatic carbocycles. The van der Waals surface area contributed by atoms with Crippen molar-refractivity contribution in [2.75, 3.05) is 11.4 Å². The number of hydrogen-bond acceptors (Lipinski definition) is 1. The van der Waals surface area contributed by atoms with Gasteiger partial charge in [0.15, 0.2) is 0 Å². The van der Waals surface area contributed by atoms with Gasteiger partial charge >= 0.3 is 0 Å². The lowest BCUT2D eigenvalue weighted by Gasteiger charge is -2.22. The van der Waals surface area contributed by atoms with Crippen molar-refractivity contribution in [3.05, 3.63) is 66.0 Å². The number of anilines is 1. The molecule has 20 heavy (non-hydrogen) atoms. The molecule has 2 aromatic carbocycles. The molecule has 0 spiro atoms. The largest absolute Gasteiger partial charge is 0.308 e. The third kappa shape index (κ3) is 3.44. The molecule has 0 saturated carbocycles. The van der Waals surface area contributed by atoms with E-state index in [1.54, 1.807) is 17.0 Å². The summed E-state index contributed by atoms with van der Waals surface area (Å²) in [6, 6.07) is 15.3. The minimum Gasteiger partial charge on any atom is -0.308 e. The average molecular weight is 271 g/mol. The second kappa shape index (κ2) is 6.85. The summed E-state index contributed by atoms with van der Waals surface area (Å²) in [7, 11) is 0. The van der Waals surface area contributed by atoms with Crippen molar-refractivity contribution in [3.8, 4) is 0 Å². The first kappa shape index (κ1) is 14.3. The minimum atomic E-state index is -0.389. The van der Waals surface area contributed by atoms with Gasteiger partial charge in [0.2, 0.25) is 0 Å². The Hall–Kier alpha value is -2.16. The first-order valence-electron chi connectivity index (χ1n) is 6.85. The third-order valence-corrected chi connectivity index (χ3v) is 3.12. The smallest absolute Gasteiger partial charge is 0.258 e. The number of hydrogen-bond donors (Lipinski definition) is 0. The number of benzene rings is 2. The summed E-state index contributed by atoms with van der Waals surface area (Å²) in [6.07, 6.45) is 1.91. The predicted octanol–water partition coefficient (Wildman–Crippen LogP) is 4.27. The Labute approximate surface area is 118 Å². The Morgan fingerprint density at radius 1 is 1.10 bits per heavy atom. The fourth-order valence-electron chi connectivity index (χ4n) is 2.05. The molecule has 0 heterocycles. The van der Waals surface area contributed by atoms with E-state index in [1.807, 2.05) is 30.3 Å². The lowest BCUT2D eigenvalue weighted by Crippen LogP contribution is -2.31. The van der Waals surface area contributed by atoms with Crippen LogP contribution in [0.25, 0.3) is 0 Å². The maximum Gasteiger partial charge on any atom is 0.258 e. The highest BCUT2D eigenvalue weighted by Gasteiger charge is 2.17. The first-order chi connectivity index (χ1) is 9.72. The Morgan fingerprint density at radius 3 is 2.50 bits per heavy atom. The van der Waals surface area contributed by atoms with Crippen LogP contribution in [0.5, 0.6) is 0 Å². The maximum absolute atomic E-state index is 13.3. The van der Waals surface area contributed by atoms with Crippen molar-refractivity contribution in [3.63, 3.8) is 0 Å². The van der Waals surface area contributed by atoms with E-state index >= 15 is 0 Å². The molecule has 2 rings (SSSR count). The molecule has 0 atom stereocenters. The van der Waals surface area contributed by atoms with E-state index < -0.39 is 0 Å². The number of para-hydroxylation sites is 1. The fraction of sp³-hybridized carbons (Fsp3) is 0.235. The molecule has 0 saturated heterocycles. The number of carbonyl (C=O) groups excluding carboxylic acids is 1. The summed E-state index contributed by atoms with van der Waals surface area (Å²) in [5.41, 5.74) is 1.22. The standard InChI is InChI=1S/C17H18FNO/c1-2-3-12-19(16-10-5-4-6-11-16)17(20)14-8-7-9-15(18)13-14/h4-11,13H,2-3,12H2,1H3. The number of carbonyl (C=O) groups is 1. The molecule has 0 fully saturated rings. The molecule has 0 radical (unpaired) electrons. The molecule has 104 valence electrons. The minimum absolute atomic E-state index is 0.163. The first-order valence-corrected chi connectivity index (χ1v) is 6.85. The van der Waals surface area contributed by atoms with E-state index in [4.69, 9.17) is 0 Å². The predicted molar refractivity (Wildman–Crippen MR) is 79.4 cm³/mol. The van der Waals surface area contributed by atoms with E-state index in [0.29, 0.717) is 12.1 Å². The van der Waals surface area contributed by atoms with Crippen LogP contribution in [0, 0.1) is 5.82 Å². The van der Waals surface area contributed by atoms with Gasteiger partial charge in [0.25, 0.3) is 5.91 Å². The van der Waals surface area contributed by atoms with Gasteiger partial charge in [-0.1, -0.05) is 37.6 Å². The van der Waals surface area contributed by atoms with Crippen LogP contribution in [0.1, 0.15) is 30.1 Å². The number of halogens is 1. The summed E-state index contributed by atoms with van der Waals surface area (Å²) in [6.45, 7) is 2.71. The molecule has 0 bridgehead atoms. The van der Waals surface area contributed by atoms with Gasteiger partial charge in [-0.15, -0.1) is 0 Å². The molecule has 0 aromatic heterocycles. The van der Waals surface area contributed by atoms with Crippen molar-refractivity contribution in [1.82, 2.24) is 0 Å². The van der Waals surface area contributed by atoms with Gasteiger partial charge in [-0.25, -0.2) is 4.39 Å². The molecule has 0 unspecified atom stereocenters. The molecule has 0 aliphatic heterocycles. The summed E-state index contributed by atoms with van der Waals surface area (Å²) >= 11 is 0. The van der Waals surface area contributed by atoms with E-state index in [0.717, 1.165) is 18.5 Å². The topological polar surface area (TPSA) is 20.3 Å². The molecule has 3 heteroatoms. The summed E-state index contributed by atoms with van der Waals surface area (Å²) < 4.78 is 13.3. The number of rotatable bonds is 5. The van der Waals surface area contributed by atoms with Crippen molar-refractivity contribution < 1.29 is 9.18 Å². The molecular formula is C17H18FNO. The zero-order chi connectivity index (χ0) is 14.4. The normalized spacial score (nSPS) is 10.3. The highest BCUT2D eigenvalue weighted by Crippen LogP contribution is 2.18. The van der Waals surface area contributed by atoms with Gasteiger partial charge in [0.05, 0.1) is 0 Å². The second-order valence-electron chi connectivity index (χ2n) is 4.66. The lowest BCUT2D eigenvalue weighted by atomic mass is 10.1. The highest BCUT2D eigenvalue weighted by molar-refractivity contribution is 6.06. The average Bonchev–Trinajstić information content (AvgIpc) is 2.48. The summed E-state index contributed by atoms with van der Waals surface area (Å²) in [4.78, 5) is 14.3. The van der Waals surface area contributed by atoms with Crippen LogP contribution in [-0.4, -0.2) is 12.5 Å². The van der Waals surface area contributed by atoms with Crippen molar-refractivity contribution >= 4 is 11.6 Å². The lowest BCUT2D eigenvalue weighted by molar-refractivity contribution is 0.0986. The molecular weight excluding hydrogens is 253 g/mol. The van der Waals surface area contributed by atoms with Crippen LogP contribution in [0.15, 0.2) is 54.6 Å². The number of nitrogens with zero attached hydrogens (tertiary/aromatic N) is 1. The van der Waals surface area contributed by atoms with Gasteiger partial charge in [0, 0.05) is 17.8 Å². The van der Waals surface area contributed by atoms with Gasteiger partial charge in [-0.05, 0) is 36.8 Å². The van der Waals surface area contributed by atoms with Gasteiger partial charge in [0.1, 0.15) is 5.82 Å². The monoisotopic (exact) mass is 271 g/mol. The van der Waals surface area contributed by atoms with Crippen LogP contribution in [-0.2, 0) is 0 Å². The highest BCUT2D eigenvalue weighted by atomic mass is 19.1. The number of amides is 1. The molecule has 0 aliphatic rings. The van der Waals surface area contributed by atoms with E-state index in [2.05, 4.69) is 6.92 Å². The van der Waals surface area contributed by atoms with Gasteiger partial charge < -0.3 is 4.90 Å². The summed E-state index contributed by atoms with van der Waals surface area (Å²) in [5, 5.41) is 0. The van der Waals surface area contributed by atoms with E-state index in [1.165, 1.54) is 12.1 Å². The van der Waals surface area contributed by atoms with Crippen LogP contribution in [0.2, 0.25) is 0 Å². The number of unbranched alkanes of at least 4 members (excludes halogenated alkanes) is 1. The van der Waals surface area contributed by atoms with E-state index in [9.17, 15) is 9.18 Å². The van der Waals surface area contributed by atoms with Crippen molar-refractivity contribution in [2.24, 2.45) is 0 Å². The Morgan fingerprint density at radius 2 is 1.85 bits per heavy atom. The molecule has 0 N–H and O–H groups in total. The zero-order valence-corrected chi connectivity index (χ0v) is 11.6. The Balaban J connectivity index is 2.29. The second-order valence-corrected chi connectivity index (χ2v) is 4.66. The Kier molecular flexibility index (Phi) is 4.88. The van der Waals surface area contributed by atoms with Gasteiger partial charge in [-0.3, -0.25) is 4.79 Å². The molecule has 1 amide bonds. The molecule has 2 aromatic rings. The van der Waals surface area contributed by atoms with Crippen LogP contribution in [0.4, 0.5) is 10.1 Å². The van der Waals surface area contributed by atoms with Crippen LogP contribution in [0.3, 0.4) is 0 Å². The third-order valence-electron chi connectivity index (χ3n) is 3.12. The van der Waals surface area contributed by atoms with E-state index in [-0.39, 0.29) is 11.7 Å². The van der Waals surface area contributed by atoms with Crippen molar-refractivity contribution in [1.29, 1.82) is 0 Å².